The van der Waals surface area contributed by atoms with Crippen LogP contribution >= 0.6 is 0 Å². The highest BCUT2D eigenvalue weighted by Crippen LogP contribution is 2.39. The summed E-state index contributed by atoms with van der Waals surface area (Å²) < 4.78 is 65.1. The van der Waals surface area contributed by atoms with Crippen LogP contribution in [0.3, 0.4) is 0 Å². The lowest BCUT2D eigenvalue weighted by Gasteiger charge is -2.32. The molecule has 0 unspecified atom stereocenters. The molecular formula is C23H32F2N2O5S. The number of piperidine rings is 1. The lowest BCUT2D eigenvalue weighted by Crippen LogP contribution is -2.40. The van der Waals surface area contributed by atoms with E-state index in [1.54, 1.807) is 4.90 Å². The molecule has 4 rings (SSSR count). The summed E-state index contributed by atoms with van der Waals surface area (Å²) in [4.78, 5) is 14.0. The van der Waals surface area contributed by atoms with Gasteiger partial charge in [0.15, 0.2) is 17.4 Å². The fourth-order valence-electron chi connectivity index (χ4n) is 4.52. The van der Waals surface area contributed by atoms with Gasteiger partial charge in [0, 0.05) is 26.2 Å². The molecule has 7 nitrogen and oxygen atoms in total. The third-order valence-electron chi connectivity index (χ3n) is 6.96. The summed E-state index contributed by atoms with van der Waals surface area (Å²) in [6, 6.07) is 1.18. The molecule has 1 amide bonds. The van der Waals surface area contributed by atoms with E-state index in [4.69, 9.17) is 9.47 Å². The lowest BCUT2D eigenvalue weighted by atomic mass is 9.92. The van der Waals surface area contributed by atoms with Crippen molar-refractivity contribution in [3.05, 3.63) is 28.8 Å². The Bertz CT molecular complexity index is 1000. The maximum Gasteiger partial charge on any atom is 0.410 e. The van der Waals surface area contributed by atoms with Crippen LogP contribution in [0, 0.1) is 17.6 Å². The van der Waals surface area contributed by atoms with E-state index in [-0.39, 0.29) is 43.6 Å². The van der Waals surface area contributed by atoms with Gasteiger partial charge in [0.25, 0.3) is 0 Å². The molecule has 1 saturated heterocycles. The summed E-state index contributed by atoms with van der Waals surface area (Å²) in [6.07, 6.45) is 6.18. The van der Waals surface area contributed by atoms with E-state index in [1.807, 2.05) is 6.92 Å². The minimum atomic E-state index is -3.42. The van der Waals surface area contributed by atoms with E-state index in [9.17, 15) is 22.0 Å². The first-order valence-electron chi connectivity index (χ1n) is 11.6. The number of carbonyl (C=O) groups is 1. The van der Waals surface area contributed by atoms with E-state index in [2.05, 4.69) is 0 Å². The Hall–Kier alpha value is -1.94. The highest BCUT2D eigenvalue weighted by Gasteiger charge is 2.43. The zero-order chi connectivity index (χ0) is 23.8. The molecule has 1 aliphatic carbocycles. The quantitative estimate of drug-likeness (QED) is 0.548. The van der Waals surface area contributed by atoms with Crippen molar-refractivity contribution in [3.63, 3.8) is 0 Å². The molecule has 1 aromatic carbocycles. The van der Waals surface area contributed by atoms with Crippen molar-refractivity contribution in [2.75, 3.05) is 32.5 Å². The van der Waals surface area contributed by atoms with Crippen molar-refractivity contribution in [2.45, 2.75) is 64.0 Å². The van der Waals surface area contributed by atoms with Crippen LogP contribution in [0.15, 0.2) is 6.07 Å². The van der Waals surface area contributed by atoms with Gasteiger partial charge in [-0.2, -0.15) is 4.31 Å². The van der Waals surface area contributed by atoms with Crippen molar-refractivity contribution in [2.24, 2.45) is 5.92 Å². The number of likely N-dealkylation sites (tertiary alicyclic amines) is 1. The third-order valence-corrected chi connectivity index (χ3v) is 8.21. The van der Waals surface area contributed by atoms with Gasteiger partial charge in [-0.05, 0) is 75.0 Å². The van der Waals surface area contributed by atoms with Crippen LogP contribution < -0.4 is 4.74 Å². The number of halogens is 2. The Morgan fingerprint density at radius 3 is 2.55 bits per heavy atom. The van der Waals surface area contributed by atoms with Crippen molar-refractivity contribution in [1.29, 1.82) is 0 Å². The molecular weight excluding hydrogens is 454 g/mol. The summed E-state index contributed by atoms with van der Waals surface area (Å²) in [5.41, 5.74) is 0.403. The van der Waals surface area contributed by atoms with E-state index < -0.39 is 21.7 Å². The predicted molar refractivity (Wildman–Crippen MR) is 118 cm³/mol. The summed E-state index contributed by atoms with van der Waals surface area (Å²) in [7, 11) is -3.42. The molecule has 2 fully saturated rings. The Morgan fingerprint density at radius 1 is 1.21 bits per heavy atom. The number of amides is 1. The van der Waals surface area contributed by atoms with E-state index in [1.165, 1.54) is 10.4 Å². The van der Waals surface area contributed by atoms with Gasteiger partial charge < -0.3 is 14.4 Å². The first-order valence-corrected chi connectivity index (χ1v) is 13.5. The minimum absolute atomic E-state index is 0.0340. The minimum Gasteiger partial charge on any atom is -0.488 e. The SMILES string of the molecule is CC1(OC(=O)N2CCC(CCCOc3c(F)cc4c(c3F)CCN(S(C)(=O)=O)C4)CC2)CC1. The van der Waals surface area contributed by atoms with Gasteiger partial charge in [-0.25, -0.2) is 22.0 Å². The van der Waals surface area contributed by atoms with Crippen LogP contribution in [0.5, 0.6) is 5.75 Å². The molecule has 184 valence electrons. The standard InChI is InChI=1S/C23H32F2N2O5S/c1-23(8-9-23)32-22(28)26-10-5-16(6-11-26)4-3-13-31-21-19(24)14-17-15-27(33(2,29)30)12-7-18(17)20(21)25/h14,16H,3-13,15H2,1-2H3. The zero-order valence-corrected chi connectivity index (χ0v) is 20.1. The number of nitrogens with zero attached hydrogens (tertiary/aromatic N) is 2. The average Bonchev–Trinajstić information content (AvgIpc) is 3.48. The Balaban J connectivity index is 1.23. The molecule has 33 heavy (non-hydrogen) atoms. The summed E-state index contributed by atoms with van der Waals surface area (Å²) in [5.74, 6) is -1.48. The molecule has 0 spiro atoms. The summed E-state index contributed by atoms with van der Waals surface area (Å²) >= 11 is 0. The third kappa shape index (κ3) is 5.77. The predicted octanol–water partition coefficient (Wildman–Crippen LogP) is 3.84. The Kier molecular flexibility index (Phi) is 6.87. The molecule has 3 aliphatic rings. The highest BCUT2D eigenvalue weighted by molar-refractivity contribution is 7.88. The molecule has 0 N–H and O–H groups in total. The van der Waals surface area contributed by atoms with Gasteiger partial charge in [0.05, 0.1) is 12.9 Å². The number of fused-ring (bicyclic) bond motifs is 1. The number of rotatable bonds is 7. The molecule has 10 heteroatoms. The number of hydrogen-bond donors (Lipinski definition) is 0. The van der Waals surface area contributed by atoms with E-state index in [0.29, 0.717) is 36.6 Å². The number of sulfonamides is 1. The first-order chi connectivity index (χ1) is 15.6. The molecule has 0 atom stereocenters. The van der Waals surface area contributed by atoms with Crippen LogP contribution in [0.25, 0.3) is 0 Å². The molecule has 1 saturated carbocycles. The molecule has 0 radical (unpaired) electrons. The number of hydrogen-bond acceptors (Lipinski definition) is 5. The lowest BCUT2D eigenvalue weighted by molar-refractivity contribution is 0.0481. The van der Waals surface area contributed by atoms with Gasteiger partial charge in [-0.3, -0.25) is 0 Å². The first kappa shape index (κ1) is 24.2. The fourth-order valence-corrected chi connectivity index (χ4v) is 5.32. The van der Waals surface area contributed by atoms with E-state index in [0.717, 1.165) is 38.4 Å². The van der Waals surface area contributed by atoms with Crippen molar-refractivity contribution < 1.29 is 31.5 Å². The van der Waals surface area contributed by atoms with Crippen molar-refractivity contribution >= 4 is 16.1 Å². The second-order valence-corrected chi connectivity index (χ2v) is 11.7. The zero-order valence-electron chi connectivity index (χ0n) is 19.2. The maximum absolute atomic E-state index is 14.9. The maximum atomic E-state index is 14.9. The van der Waals surface area contributed by atoms with Gasteiger partial charge in [0.2, 0.25) is 10.0 Å². The number of carbonyl (C=O) groups excluding carboxylic acids is 1. The van der Waals surface area contributed by atoms with Crippen LogP contribution in [0.4, 0.5) is 13.6 Å². The van der Waals surface area contributed by atoms with Gasteiger partial charge in [-0.1, -0.05) is 0 Å². The average molecular weight is 487 g/mol. The monoisotopic (exact) mass is 486 g/mol. The molecule has 0 bridgehead atoms. The fraction of sp³-hybridized carbons (Fsp3) is 0.696. The summed E-state index contributed by atoms with van der Waals surface area (Å²) in [5, 5.41) is 0. The second kappa shape index (κ2) is 9.37. The number of benzene rings is 1. The Morgan fingerprint density at radius 2 is 1.91 bits per heavy atom. The molecule has 2 heterocycles. The molecule has 1 aromatic rings. The topological polar surface area (TPSA) is 76.2 Å². The molecule has 0 aromatic heterocycles. The highest BCUT2D eigenvalue weighted by atomic mass is 32.2. The smallest absolute Gasteiger partial charge is 0.410 e. The van der Waals surface area contributed by atoms with Crippen LogP contribution in [-0.2, 0) is 27.7 Å². The van der Waals surface area contributed by atoms with Crippen molar-refractivity contribution in [3.8, 4) is 5.75 Å². The normalized spacial score (nSPS) is 20.9. The van der Waals surface area contributed by atoms with E-state index >= 15 is 0 Å². The second-order valence-electron chi connectivity index (χ2n) is 9.72. The van der Waals surface area contributed by atoms with Gasteiger partial charge in [-0.15, -0.1) is 0 Å². The van der Waals surface area contributed by atoms with Crippen LogP contribution in [0.1, 0.15) is 56.6 Å². The largest absolute Gasteiger partial charge is 0.488 e. The van der Waals surface area contributed by atoms with Crippen LogP contribution in [0.2, 0.25) is 0 Å². The van der Waals surface area contributed by atoms with Gasteiger partial charge in [0.1, 0.15) is 5.60 Å². The number of ether oxygens (including phenoxy) is 2. The summed E-state index contributed by atoms with van der Waals surface area (Å²) in [6.45, 7) is 3.62. The van der Waals surface area contributed by atoms with Crippen molar-refractivity contribution in [1.82, 2.24) is 9.21 Å². The van der Waals surface area contributed by atoms with Gasteiger partial charge >= 0.3 is 6.09 Å². The Labute approximate surface area is 194 Å². The molecule has 2 aliphatic heterocycles. The van der Waals surface area contributed by atoms with Crippen LogP contribution in [-0.4, -0.2) is 61.8 Å².